The zero-order chi connectivity index (χ0) is 35.0. The van der Waals surface area contributed by atoms with Crippen LogP contribution in [-0.2, 0) is 39.7 Å². The standard InChI is InChI=1S/C28H20N2O14S4.4Na/c31-27(29-19-4-6-23-17(9-19)11-21(45-44-43-33)13-25(23)47(37,38)39)15-2-1-3-16(8-15)28(32)30-20-5-7-24-18(10-20)12-22(46(34,35)36)14-26(24)48(40,41)42;;;;/h1-14,33H,(H,29,31)(H,30,32)(H,34,35,36)(H,37,38,39)(H,40,41,42);;;;/q;4*+1/p-4. The molecule has 0 aliphatic rings. The van der Waals surface area contributed by atoms with Gasteiger partial charge in [0, 0.05) is 27.4 Å². The van der Waals surface area contributed by atoms with Gasteiger partial charge in [0.15, 0.2) is 0 Å². The number of amides is 2. The zero-order valence-corrected chi connectivity index (χ0v) is 38.7. The normalized spacial score (nSPS) is 11.3. The largest absolute Gasteiger partial charge is 1.00 e. The van der Waals surface area contributed by atoms with E-state index in [2.05, 4.69) is 20.0 Å². The maximum Gasteiger partial charge on any atom is 1.00 e. The molecule has 0 heterocycles. The molecule has 0 aliphatic heterocycles. The first-order chi connectivity index (χ1) is 22.4. The average molecular weight is 825 g/mol. The van der Waals surface area contributed by atoms with Gasteiger partial charge in [-0.3, -0.25) is 14.6 Å². The molecule has 0 spiro atoms. The average Bonchev–Trinajstić information content (AvgIpc) is 3.01. The number of anilines is 2. The minimum Gasteiger partial charge on any atom is -0.744 e. The monoisotopic (exact) mass is 824 g/mol. The third kappa shape index (κ3) is 12.3. The van der Waals surface area contributed by atoms with Crippen molar-refractivity contribution in [1.29, 1.82) is 0 Å². The second-order valence-electron chi connectivity index (χ2n) is 9.79. The van der Waals surface area contributed by atoms with Crippen LogP contribution in [0.5, 0.6) is 0 Å². The quantitative estimate of drug-likeness (QED) is 0.0435. The molecule has 5 aromatic rings. The van der Waals surface area contributed by atoms with Crippen LogP contribution in [0.3, 0.4) is 0 Å². The van der Waals surface area contributed by atoms with Crippen molar-refractivity contribution >= 4 is 87.1 Å². The first-order valence-corrected chi connectivity index (χ1v) is 17.8. The minimum atomic E-state index is -5.19. The van der Waals surface area contributed by atoms with Crippen LogP contribution in [0.25, 0.3) is 21.5 Å². The Hall–Kier alpha value is -0.480. The summed E-state index contributed by atoms with van der Waals surface area (Å²) in [7, 11) is -15.3. The summed E-state index contributed by atoms with van der Waals surface area (Å²) in [6.07, 6.45) is 0. The molecule has 5 aromatic carbocycles. The van der Waals surface area contributed by atoms with Crippen molar-refractivity contribution in [3.63, 3.8) is 0 Å². The van der Waals surface area contributed by atoms with Crippen LogP contribution in [0, 0.1) is 0 Å². The number of carbonyl (C=O) groups is 2. The van der Waals surface area contributed by atoms with E-state index in [1.54, 1.807) is 0 Å². The van der Waals surface area contributed by atoms with E-state index in [0.29, 0.717) is 18.1 Å². The predicted octanol–water partition coefficient (Wildman–Crippen LogP) is -9.54. The van der Waals surface area contributed by atoms with E-state index < -0.39 is 56.9 Å². The molecule has 2 amide bonds. The molecule has 0 bridgehead atoms. The molecule has 0 atom stereocenters. The van der Waals surface area contributed by atoms with Crippen LogP contribution < -0.4 is 134 Å². The summed E-state index contributed by atoms with van der Waals surface area (Å²) in [5.74, 6) is -1.45. The number of rotatable bonds is 10. The van der Waals surface area contributed by atoms with Gasteiger partial charge in [-0.15, -0.1) is 0 Å². The summed E-state index contributed by atoms with van der Waals surface area (Å²) in [5, 5.41) is 18.4. The molecule has 250 valence electrons. The minimum absolute atomic E-state index is 0. The van der Waals surface area contributed by atoms with Gasteiger partial charge in [-0.25, -0.2) is 25.3 Å². The van der Waals surface area contributed by atoms with Gasteiger partial charge in [-0.05, 0) is 88.3 Å². The fourth-order valence-electron chi connectivity index (χ4n) is 4.64. The van der Waals surface area contributed by atoms with Crippen LogP contribution in [0.4, 0.5) is 11.4 Å². The molecular weight excluding hydrogens is 809 g/mol. The van der Waals surface area contributed by atoms with Crippen molar-refractivity contribution in [2.24, 2.45) is 0 Å². The molecule has 52 heavy (non-hydrogen) atoms. The summed E-state index contributed by atoms with van der Waals surface area (Å²) < 4.78 is 109. The Morgan fingerprint density at radius 1 is 0.577 bits per heavy atom. The second-order valence-corrected chi connectivity index (χ2v) is 14.6. The summed E-state index contributed by atoms with van der Waals surface area (Å²) in [5.41, 5.74) is 0.171. The molecule has 0 aromatic heterocycles. The molecule has 2 N–H and O–H groups in total. The molecular formula is C28H16N2Na4O14S4. The summed E-state index contributed by atoms with van der Waals surface area (Å²) in [4.78, 5) is 23.7. The van der Waals surface area contributed by atoms with Gasteiger partial charge < -0.3 is 29.5 Å². The van der Waals surface area contributed by atoms with Crippen LogP contribution >= 0.6 is 12.0 Å². The topological polar surface area (TPSA) is 271 Å². The maximum absolute atomic E-state index is 13.1. The Morgan fingerprint density at radius 2 is 1.04 bits per heavy atom. The summed E-state index contributed by atoms with van der Waals surface area (Å²) >= 11 is 0.354. The number of benzene rings is 5. The fraction of sp³-hybridized carbons (Fsp3) is 0. The molecule has 0 unspecified atom stereocenters. The molecule has 0 radical (unpaired) electrons. The van der Waals surface area contributed by atoms with Crippen molar-refractivity contribution in [3.8, 4) is 0 Å². The molecule has 24 heteroatoms. The van der Waals surface area contributed by atoms with Gasteiger partial charge >= 0.3 is 118 Å². The van der Waals surface area contributed by atoms with Crippen LogP contribution in [0.2, 0.25) is 0 Å². The van der Waals surface area contributed by atoms with Gasteiger partial charge in [0.05, 0.1) is 26.7 Å². The Labute approximate surface area is 389 Å². The van der Waals surface area contributed by atoms with Crippen molar-refractivity contribution < 1.29 is 181 Å². The van der Waals surface area contributed by atoms with Gasteiger partial charge in [0.25, 0.3) is 11.8 Å². The first kappa shape index (κ1) is 49.5. The number of nitrogens with one attached hydrogen (secondary N) is 2. The maximum atomic E-state index is 13.1. The zero-order valence-electron chi connectivity index (χ0n) is 27.4. The third-order valence-corrected chi connectivity index (χ3v) is 9.78. The molecule has 5 rings (SSSR count). The van der Waals surface area contributed by atoms with E-state index >= 15 is 0 Å². The Bertz CT molecular complexity index is 2490. The van der Waals surface area contributed by atoms with Gasteiger partial charge in [0.1, 0.15) is 30.4 Å². The second kappa shape index (κ2) is 20.1. The molecule has 0 saturated heterocycles. The van der Waals surface area contributed by atoms with Crippen LogP contribution in [-0.4, -0.2) is 50.7 Å². The van der Waals surface area contributed by atoms with E-state index in [1.807, 2.05) is 0 Å². The Kier molecular flexibility index (Phi) is 19.1. The molecule has 0 saturated carbocycles. The van der Waals surface area contributed by atoms with Gasteiger partial charge in [0.2, 0.25) is 0 Å². The van der Waals surface area contributed by atoms with Gasteiger partial charge in [-0.1, -0.05) is 18.2 Å². The number of carbonyl (C=O) groups excluding carboxylic acids is 2. The van der Waals surface area contributed by atoms with E-state index in [9.17, 15) is 53.8 Å². The van der Waals surface area contributed by atoms with Crippen LogP contribution in [0.1, 0.15) is 20.7 Å². The third-order valence-electron chi connectivity index (χ3n) is 6.66. The van der Waals surface area contributed by atoms with Gasteiger partial charge in [-0.2, -0.15) is 4.33 Å². The predicted molar refractivity (Wildman–Crippen MR) is 162 cm³/mol. The SMILES string of the molecule is O=C(Nc1ccc2c(S(=O)(=O)[O-])cc(SOO[O-])cc2c1)c1cccc(C(=O)Nc2ccc3c(S(=O)(=O)[O-])cc(S(=O)(=O)[O-])cc3c2)c1.[Na+].[Na+].[Na+].[Na+]. The van der Waals surface area contributed by atoms with E-state index in [4.69, 9.17) is 0 Å². The van der Waals surface area contributed by atoms with Crippen molar-refractivity contribution in [3.05, 3.63) is 96.1 Å². The number of hydrogen-bond acceptors (Lipinski definition) is 15. The van der Waals surface area contributed by atoms with Crippen LogP contribution in [0.15, 0.2) is 105 Å². The summed E-state index contributed by atoms with van der Waals surface area (Å²) in [6, 6.07) is 16.6. The van der Waals surface area contributed by atoms with E-state index in [0.717, 1.165) is 24.3 Å². The smallest absolute Gasteiger partial charge is 0.744 e. The Morgan fingerprint density at radius 3 is 1.48 bits per heavy atom. The Balaban J connectivity index is 0.00000338. The van der Waals surface area contributed by atoms with Crippen molar-refractivity contribution in [1.82, 2.24) is 0 Å². The van der Waals surface area contributed by atoms with E-state index in [-0.39, 0.29) is 167 Å². The molecule has 0 fully saturated rings. The van der Waals surface area contributed by atoms with Crippen molar-refractivity contribution in [2.75, 3.05) is 10.6 Å². The number of fused-ring (bicyclic) bond motifs is 2. The van der Waals surface area contributed by atoms with Crippen molar-refractivity contribution in [2.45, 2.75) is 19.6 Å². The first-order valence-electron chi connectivity index (χ1n) is 12.8. The number of hydrogen-bond donors (Lipinski definition) is 2. The fourth-order valence-corrected chi connectivity index (χ4v) is 7.22. The molecule has 16 nitrogen and oxygen atoms in total. The van der Waals surface area contributed by atoms with E-state index in [1.165, 1.54) is 54.6 Å². The summed E-state index contributed by atoms with van der Waals surface area (Å²) in [6.45, 7) is 0. The molecule has 0 aliphatic carbocycles.